The summed E-state index contributed by atoms with van der Waals surface area (Å²) in [4.78, 5) is 2.47. The highest BCUT2D eigenvalue weighted by Crippen LogP contribution is 2.01. The van der Waals surface area contributed by atoms with Crippen LogP contribution >= 0.6 is 0 Å². The molecule has 0 fully saturated rings. The molecule has 92 valence electrons. The molecule has 1 unspecified atom stereocenters. The van der Waals surface area contributed by atoms with E-state index < -0.39 is 0 Å². The van der Waals surface area contributed by atoms with Gasteiger partial charge in [-0.25, -0.2) is 0 Å². The Bertz CT molecular complexity index is 120. The first-order chi connectivity index (χ1) is 7.24. The van der Waals surface area contributed by atoms with E-state index in [0.717, 1.165) is 6.54 Å². The van der Waals surface area contributed by atoms with E-state index in [-0.39, 0.29) is 0 Å². The third-order valence-corrected chi connectivity index (χ3v) is 2.81. The molecule has 0 radical (unpaired) electrons. The molecule has 2 heteroatoms. The molecule has 0 aromatic rings. The molecule has 0 saturated carbocycles. The van der Waals surface area contributed by atoms with E-state index in [2.05, 4.69) is 38.0 Å². The molecule has 0 heterocycles. The van der Waals surface area contributed by atoms with Crippen molar-refractivity contribution in [2.24, 2.45) is 0 Å². The topological polar surface area (TPSA) is 15.3 Å². The molecule has 0 aliphatic heterocycles. The first-order valence-corrected chi connectivity index (χ1v) is 6.66. The van der Waals surface area contributed by atoms with Crippen LogP contribution in [0.25, 0.3) is 0 Å². The van der Waals surface area contributed by atoms with E-state index >= 15 is 0 Å². The minimum Gasteiger partial charge on any atom is -0.313 e. The Morgan fingerprint density at radius 1 is 1.07 bits per heavy atom. The number of rotatable bonds is 10. The number of nitrogens with zero attached hydrogens (tertiary/aromatic N) is 1. The Morgan fingerprint density at radius 3 is 2.33 bits per heavy atom. The predicted molar refractivity (Wildman–Crippen MR) is 69.4 cm³/mol. The molecule has 0 aromatic carbocycles. The van der Waals surface area contributed by atoms with Crippen molar-refractivity contribution in [2.45, 2.75) is 58.9 Å². The minimum absolute atomic E-state index is 0.687. The fourth-order valence-electron chi connectivity index (χ4n) is 1.99. The van der Waals surface area contributed by atoms with Crippen molar-refractivity contribution in [1.29, 1.82) is 0 Å². The van der Waals surface area contributed by atoms with Crippen LogP contribution < -0.4 is 5.32 Å². The van der Waals surface area contributed by atoms with Crippen LogP contribution in [-0.2, 0) is 0 Å². The Morgan fingerprint density at radius 2 is 1.80 bits per heavy atom. The molecule has 2 nitrogen and oxygen atoms in total. The Balaban J connectivity index is 3.62. The summed E-state index contributed by atoms with van der Waals surface area (Å²) in [5.74, 6) is 0. The van der Waals surface area contributed by atoms with Crippen LogP contribution in [-0.4, -0.2) is 37.6 Å². The van der Waals surface area contributed by atoms with Crippen LogP contribution in [0.2, 0.25) is 0 Å². The van der Waals surface area contributed by atoms with Gasteiger partial charge in [0.25, 0.3) is 0 Å². The monoisotopic (exact) mass is 214 g/mol. The molecule has 0 bridgehead atoms. The van der Waals surface area contributed by atoms with Crippen LogP contribution in [0.1, 0.15) is 52.9 Å². The summed E-state index contributed by atoms with van der Waals surface area (Å²) >= 11 is 0. The minimum atomic E-state index is 0.687. The zero-order chi connectivity index (χ0) is 11.5. The van der Waals surface area contributed by atoms with E-state index in [9.17, 15) is 0 Å². The van der Waals surface area contributed by atoms with Gasteiger partial charge in [0, 0.05) is 12.6 Å². The van der Waals surface area contributed by atoms with Crippen LogP contribution in [0.3, 0.4) is 0 Å². The summed E-state index contributed by atoms with van der Waals surface area (Å²) < 4.78 is 0. The van der Waals surface area contributed by atoms with Crippen LogP contribution in [0.15, 0.2) is 0 Å². The van der Waals surface area contributed by atoms with Gasteiger partial charge in [0.15, 0.2) is 0 Å². The molecule has 0 aromatic heterocycles. The summed E-state index contributed by atoms with van der Waals surface area (Å²) in [6.07, 6.45) is 6.60. The van der Waals surface area contributed by atoms with E-state index in [1.165, 1.54) is 45.2 Å². The van der Waals surface area contributed by atoms with Gasteiger partial charge in [0.1, 0.15) is 0 Å². The van der Waals surface area contributed by atoms with Gasteiger partial charge in [-0.15, -0.1) is 0 Å². The van der Waals surface area contributed by atoms with E-state index in [1.54, 1.807) is 0 Å². The number of likely N-dealkylation sites (N-methyl/N-ethyl adjacent to an activating group) is 2. The number of hydrogen-bond donors (Lipinski definition) is 1. The average molecular weight is 214 g/mol. The summed E-state index contributed by atoms with van der Waals surface area (Å²) in [7, 11) is 2.25. The SMILES string of the molecule is CCCCCN(C)CC(CCC)NCC. The first-order valence-electron chi connectivity index (χ1n) is 6.66. The zero-order valence-corrected chi connectivity index (χ0v) is 11.2. The van der Waals surface area contributed by atoms with Crippen molar-refractivity contribution in [2.75, 3.05) is 26.7 Å². The van der Waals surface area contributed by atoms with Crippen LogP contribution in [0.5, 0.6) is 0 Å². The van der Waals surface area contributed by atoms with Crippen molar-refractivity contribution < 1.29 is 0 Å². The maximum atomic E-state index is 3.56. The summed E-state index contributed by atoms with van der Waals surface area (Å²) in [5.41, 5.74) is 0. The number of unbranched alkanes of at least 4 members (excludes halogenated alkanes) is 2. The molecule has 0 rings (SSSR count). The highest BCUT2D eigenvalue weighted by Gasteiger charge is 2.08. The second kappa shape index (κ2) is 10.4. The number of hydrogen-bond acceptors (Lipinski definition) is 2. The molecule has 0 aliphatic rings. The Labute approximate surface area is 96.4 Å². The molecule has 15 heavy (non-hydrogen) atoms. The molecule has 1 N–H and O–H groups in total. The van der Waals surface area contributed by atoms with Crippen molar-refractivity contribution in [3.05, 3.63) is 0 Å². The Hall–Kier alpha value is -0.0800. The quantitative estimate of drug-likeness (QED) is 0.563. The van der Waals surface area contributed by atoms with Gasteiger partial charge in [-0.3, -0.25) is 0 Å². The third-order valence-electron chi connectivity index (χ3n) is 2.81. The standard InChI is InChI=1S/C13H30N2/c1-5-8-9-11-15(4)12-13(10-6-2)14-7-3/h13-14H,5-12H2,1-4H3. The lowest BCUT2D eigenvalue weighted by Gasteiger charge is -2.24. The van der Waals surface area contributed by atoms with Crippen LogP contribution in [0.4, 0.5) is 0 Å². The van der Waals surface area contributed by atoms with Crippen molar-refractivity contribution in [3.8, 4) is 0 Å². The molecule has 0 amide bonds. The van der Waals surface area contributed by atoms with Gasteiger partial charge in [-0.1, -0.05) is 40.0 Å². The predicted octanol–water partition coefficient (Wildman–Crippen LogP) is 2.89. The highest BCUT2D eigenvalue weighted by molar-refractivity contribution is 4.69. The van der Waals surface area contributed by atoms with Crippen molar-refractivity contribution >= 4 is 0 Å². The maximum absolute atomic E-state index is 3.56. The highest BCUT2D eigenvalue weighted by atomic mass is 15.1. The van der Waals surface area contributed by atoms with Gasteiger partial charge in [0.05, 0.1) is 0 Å². The van der Waals surface area contributed by atoms with Gasteiger partial charge in [0.2, 0.25) is 0 Å². The lowest BCUT2D eigenvalue weighted by molar-refractivity contribution is 0.276. The fraction of sp³-hybridized carbons (Fsp3) is 1.00. The second-order valence-corrected chi connectivity index (χ2v) is 4.51. The van der Waals surface area contributed by atoms with Crippen molar-refractivity contribution in [3.63, 3.8) is 0 Å². The molecular weight excluding hydrogens is 184 g/mol. The molecule has 0 saturated heterocycles. The molecular formula is C13H30N2. The normalized spacial score (nSPS) is 13.4. The molecule has 0 spiro atoms. The summed E-state index contributed by atoms with van der Waals surface area (Å²) in [6, 6.07) is 0.687. The first kappa shape index (κ1) is 14.9. The van der Waals surface area contributed by atoms with E-state index in [0.29, 0.717) is 6.04 Å². The summed E-state index contributed by atoms with van der Waals surface area (Å²) in [5, 5.41) is 3.56. The average Bonchev–Trinajstić information content (AvgIpc) is 2.19. The zero-order valence-electron chi connectivity index (χ0n) is 11.2. The van der Waals surface area contributed by atoms with Gasteiger partial charge >= 0.3 is 0 Å². The van der Waals surface area contributed by atoms with Gasteiger partial charge < -0.3 is 10.2 Å². The lowest BCUT2D eigenvalue weighted by atomic mass is 10.1. The second-order valence-electron chi connectivity index (χ2n) is 4.51. The number of nitrogens with one attached hydrogen (secondary N) is 1. The lowest BCUT2D eigenvalue weighted by Crippen LogP contribution is -2.39. The van der Waals surface area contributed by atoms with Gasteiger partial charge in [-0.05, 0) is 33.0 Å². The summed E-state index contributed by atoms with van der Waals surface area (Å²) in [6.45, 7) is 10.3. The van der Waals surface area contributed by atoms with E-state index in [4.69, 9.17) is 0 Å². The largest absolute Gasteiger partial charge is 0.313 e. The Kier molecular flexibility index (Phi) is 10.4. The van der Waals surface area contributed by atoms with Crippen LogP contribution in [0, 0.1) is 0 Å². The molecule has 0 aliphatic carbocycles. The van der Waals surface area contributed by atoms with E-state index in [1.807, 2.05) is 0 Å². The third kappa shape index (κ3) is 8.88. The van der Waals surface area contributed by atoms with Crippen molar-refractivity contribution in [1.82, 2.24) is 10.2 Å². The maximum Gasteiger partial charge on any atom is 0.0194 e. The fourth-order valence-corrected chi connectivity index (χ4v) is 1.99. The molecule has 1 atom stereocenters. The van der Waals surface area contributed by atoms with Gasteiger partial charge in [-0.2, -0.15) is 0 Å². The smallest absolute Gasteiger partial charge is 0.0194 e.